The molecule has 0 spiro atoms. The normalized spacial score (nSPS) is 14.5. The standard InChI is InChI=1S/C32H38IN3O5S/c1-41-29-15-9-12-25(20-29)22-35(31(37)23-36(42(2,39)40)28-18-16-26(33)17-19-28)30(21-24-10-5-3-6-11-24)32(38)34-27-13-7-4-8-14-27/h3,5-6,9-12,15-20,27,30H,4,7-8,13-14,21-23H2,1-2H3,(H,34,38)/t30-/m1/s1. The van der Waals surface area contributed by atoms with Gasteiger partial charge in [-0.15, -0.1) is 0 Å². The fraction of sp³-hybridized carbons (Fsp3) is 0.375. The van der Waals surface area contributed by atoms with Crippen LogP contribution in [0.4, 0.5) is 5.69 Å². The van der Waals surface area contributed by atoms with Crippen LogP contribution >= 0.6 is 22.6 Å². The summed E-state index contributed by atoms with van der Waals surface area (Å²) in [5.74, 6) is -0.0773. The summed E-state index contributed by atoms with van der Waals surface area (Å²) in [6.07, 6.45) is 6.45. The molecule has 2 amide bonds. The summed E-state index contributed by atoms with van der Waals surface area (Å²) in [6.45, 7) is -0.332. The van der Waals surface area contributed by atoms with E-state index in [-0.39, 0.29) is 24.9 Å². The highest BCUT2D eigenvalue weighted by Crippen LogP contribution is 2.23. The smallest absolute Gasteiger partial charge is 0.244 e. The number of rotatable bonds is 12. The fourth-order valence-corrected chi connectivity index (χ4v) is 6.50. The third-order valence-corrected chi connectivity index (χ3v) is 9.36. The first-order valence-electron chi connectivity index (χ1n) is 14.1. The molecule has 0 saturated heterocycles. The molecule has 8 nitrogen and oxygen atoms in total. The Bertz CT molecular complexity index is 1440. The maximum atomic E-state index is 14.2. The second-order valence-electron chi connectivity index (χ2n) is 10.7. The van der Waals surface area contributed by atoms with Gasteiger partial charge in [0.15, 0.2) is 0 Å². The maximum Gasteiger partial charge on any atom is 0.244 e. The summed E-state index contributed by atoms with van der Waals surface area (Å²) in [4.78, 5) is 29.8. The van der Waals surface area contributed by atoms with Crippen molar-refractivity contribution in [2.24, 2.45) is 0 Å². The number of carbonyl (C=O) groups excluding carboxylic acids is 2. The Hall–Kier alpha value is -3.12. The third-order valence-electron chi connectivity index (χ3n) is 7.50. The lowest BCUT2D eigenvalue weighted by molar-refractivity contribution is -0.140. The van der Waals surface area contributed by atoms with Gasteiger partial charge in [-0.05, 0) is 83.0 Å². The van der Waals surface area contributed by atoms with Gasteiger partial charge in [0.05, 0.1) is 19.1 Å². The SMILES string of the molecule is COc1cccc(CN(C(=O)CN(c2ccc(I)cc2)S(C)(=O)=O)[C@H](Cc2ccccc2)C(=O)NC2CCCCC2)c1. The van der Waals surface area contributed by atoms with Gasteiger partial charge in [-0.25, -0.2) is 8.42 Å². The molecule has 1 saturated carbocycles. The first-order valence-corrected chi connectivity index (χ1v) is 17.1. The van der Waals surface area contributed by atoms with Crippen molar-refractivity contribution in [1.82, 2.24) is 10.2 Å². The van der Waals surface area contributed by atoms with Gasteiger partial charge in [-0.3, -0.25) is 13.9 Å². The van der Waals surface area contributed by atoms with E-state index in [0.717, 1.165) is 57.4 Å². The zero-order valence-electron chi connectivity index (χ0n) is 24.0. The van der Waals surface area contributed by atoms with Crippen LogP contribution in [0.2, 0.25) is 0 Å². The van der Waals surface area contributed by atoms with Crippen molar-refractivity contribution < 1.29 is 22.7 Å². The third kappa shape index (κ3) is 8.94. The maximum absolute atomic E-state index is 14.2. The number of hydrogen-bond donors (Lipinski definition) is 1. The van der Waals surface area contributed by atoms with Gasteiger partial charge in [-0.1, -0.05) is 61.7 Å². The van der Waals surface area contributed by atoms with Crippen LogP contribution in [0.3, 0.4) is 0 Å². The van der Waals surface area contributed by atoms with E-state index >= 15 is 0 Å². The van der Waals surface area contributed by atoms with Crippen LogP contribution in [0.5, 0.6) is 5.75 Å². The van der Waals surface area contributed by atoms with Crippen molar-refractivity contribution in [3.63, 3.8) is 0 Å². The first-order chi connectivity index (χ1) is 20.1. The zero-order valence-corrected chi connectivity index (χ0v) is 27.0. The molecule has 1 aliphatic carbocycles. The lowest BCUT2D eigenvalue weighted by Crippen LogP contribution is -2.55. The number of nitrogens with one attached hydrogen (secondary N) is 1. The van der Waals surface area contributed by atoms with Crippen molar-refractivity contribution in [2.75, 3.05) is 24.2 Å². The molecule has 3 aromatic rings. The molecule has 0 unspecified atom stereocenters. The number of nitrogens with zero attached hydrogens (tertiary/aromatic N) is 2. The average Bonchev–Trinajstić information content (AvgIpc) is 2.98. The van der Waals surface area contributed by atoms with Crippen LogP contribution in [-0.2, 0) is 32.6 Å². The Morgan fingerprint density at radius 3 is 2.26 bits per heavy atom. The molecule has 10 heteroatoms. The predicted molar refractivity (Wildman–Crippen MR) is 174 cm³/mol. The summed E-state index contributed by atoms with van der Waals surface area (Å²) in [5.41, 5.74) is 2.06. The minimum atomic E-state index is -3.81. The number of carbonyl (C=O) groups is 2. The molecule has 3 aromatic carbocycles. The number of halogens is 1. The Morgan fingerprint density at radius 2 is 1.62 bits per heavy atom. The summed E-state index contributed by atoms with van der Waals surface area (Å²) < 4.78 is 33.3. The van der Waals surface area contributed by atoms with E-state index in [4.69, 9.17) is 4.74 Å². The molecule has 0 aliphatic heterocycles. The lowest BCUT2D eigenvalue weighted by atomic mass is 9.94. The molecule has 0 radical (unpaired) electrons. The van der Waals surface area contributed by atoms with Crippen molar-refractivity contribution in [3.8, 4) is 5.75 Å². The molecule has 224 valence electrons. The highest BCUT2D eigenvalue weighted by Gasteiger charge is 2.34. The molecular weight excluding hydrogens is 665 g/mol. The molecular formula is C32H38IN3O5S. The molecule has 4 rings (SSSR count). The van der Waals surface area contributed by atoms with E-state index in [1.165, 1.54) is 4.90 Å². The minimum absolute atomic E-state index is 0.0533. The molecule has 1 atom stereocenters. The van der Waals surface area contributed by atoms with E-state index in [0.29, 0.717) is 11.4 Å². The number of benzene rings is 3. The fourth-order valence-electron chi connectivity index (χ4n) is 5.29. The number of methoxy groups -OCH3 is 1. The highest BCUT2D eigenvalue weighted by atomic mass is 127. The van der Waals surface area contributed by atoms with E-state index < -0.39 is 28.5 Å². The van der Waals surface area contributed by atoms with E-state index in [9.17, 15) is 18.0 Å². The first kappa shape index (κ1) is 31.8. The Morgan fingerprint density at radius 1 is 0.952 bits per heavy atom. The monoisotopic (exact) mass is 703 g/mol. The van der Waals surface area contributed by atoms with Gasteiger partial charge in [0.2, 0.25) is 21.8 Å². The highest BCUT2D eigenvalue weighted by molar-refractivity contribution is 14.1. The molecule has 0 bridgehead atoms. The Balaban J connectivity index is 1.72. The van der Waals surface area contributed by atoms with E-state index in [2.05, 4.69) is 27.9 Å². The summed E-state index contributed by atoms with van der Waals surface area (Å²) in [6, 6.07) is 23.1. The predicted octanol–water partition coefficient (Wildman–Crippen LogP) is 5.15. The second kappa shape index (κ2) is 14.9. The molecule has 42 heavy (non-hydrogen) atoms. The van der Waals surface area contributed by atoms with Crippen molar-refractivity contribution >= 4 is 50.1 Å². The van der Waals surface area contributed by atoms with Crippen LogP contribution < -0.4 is 14.4 Å². The molecule has 1 aliphatic rings. The quantitative estimate of drug-likeness (QED) is 0.264. The van der Waals surface area contributed by atoms with Gasteiger partial charge in [0.25, 0.3) is 0 Å². The minimum Gasteiger partial charge on any atom is -0.497 e. The number of sulfonamides is 1. The Labute approximate surface area is 262 Å². The number of ether oxygens (including phenoxy) is 1. The van der Waals surface area contributed by atoms with Gasteiger partial charge in [0.1, 0.15) is 18.3 Å². The van der Waals surface area contributed by atoms with Crippen molar-refractivity contribution in [1.29, 1.82) is 0 Å². The van der Waals surface area contributed by atoms with E-state index in [1.54, 1.807) is 31.4 Å². The van der Waals surface area contributed by atoms with E-state index in [1.807, 2.05) is 54.6 Å². The van der Waals surface area contributed by atoms with Gasteiger partial charge in [-0.2, -0.15) is 0 Å². The van der Waals surface area contributed by atoms with Crippen LogP contribution in [0.25, 0.3) is 0 Å². The van der Waals surface area contributed by atoms with Gasteiger partial charge >= 0.3 is 0 Å². The van der Waals surface area contributed by atoms with Crippen LogP contribution in [0.15, 0.2) is 78.9 Å². The largest absolute Gasteiger partial charge is 0.497 e. The molecule has 0 heterocycles. The second-order valence-corrected chi connectivity index (χ2v) is 13.8. The number of hydrogen-bond acceptors (Lipinski definition) is 5. The summed E-state index contributed by atoms with van der Waals surface area (Å²) >= 11 is 2.15. The number of anilines is 1. The van der Waals surface area contributed by atoms with Crippen LogP contribution in [0.1, 0.15) is 43.2 Å². The zero-order chi connectivity index (χ0) is 30.1. The topological polar surface area (TPSA) is 96.0 Å². The van der Waals surface area contributed by atoms with Crippen molar-refractivity contribution in [2.45, 2.75) is 57.2 Å². The molecule has 1 fully saturated rings. The summed E-state index contributed by atoms with van der Waals surface area (Å²) in [5, 5.41) is 3.21. The molecule has 1 N–H and O–H groups in total. The Kier molecular flexibility index (Phi) is 11.3. The molecule has 0 aromatic heterocycles. The van der Waals surface area contributed by atoms with Crippen LogP contribution in [-0.4, -0.2) is 57.1 Å². The summed E-state index contributed by atoms with van der Waals surface area (Å²) in [7, 11) is -2.24. The van der Waals surface area contributed by atoms with Gasteiger partial charge < -0.3 is 15.0 Å². The van der Waals surface area contributed by atoms with Crippen molar-refractivity contribution in [3.05, 3.63) is 93.6 Å². The average molecular weight is 704 g/mol. The van der Waals surface area contributed by atoms with Crippen LogP contribution in [0, 0.1) is 3.57 Å². The van der Waals surface area contributed by atoms with Gasteiger partial charge in [0, 0.05) is 22.6 Å². The number of amides is 2. The lowest BCUT2D eigenvalue weighted by Gasteiger charge is -2.35.